The molecule has 0 amide bonds. The molecule has 0 saturated carbocycles. The van der Waals surface area contributed by atoms with Crippen molar-refractivity contribution in [2.75, 3.05) is 13.2 Å². The lowest BCUT2D eigenvalue weighted by atomic mass is 10.1. The summed E-state index contributed by atoms with van der Waals surface area (Å²) in [6.45, 7) is -1.45. The van der Waals surface area contributed by atoms with Crippen molar-refractivity contribution in [2.45, 2.75) is 0 Å². The molecule has 0 unspecified atom stereocenters. The van der Waals surface area contributed by atoms with Crippen molar-refractivity contribution in [1.29, 1.82) is 0 Å². The van der Waals surface area contributed by atoms with Gasteiger partial charge in [0.25, 0.3) is 0 Å². The fourth-order valence-electron chi connectivity index (χ4n) is 2.08. The number of aliphatic carboxylic acids is 2. The number of carboxylic acids is 2. The summed E-state index contributed by atoms with van der Waals surface area (Å²) in [5.41, 5.74) is 0.431. The maximum absolute atomic E-state index is 12.2. The van der Waals surface area contributed by atoms with Crippen LogP contribution in [0.4, 0.5) is 0 Å². The molecular formula is C19H14O8-2. The smallest absolute Gasteiger partial charge is 0.189 e. The molecule has 0 spiro atoms. The Balaban J connectivity index is 2.25. The second-order valence-electron chi connectivity index (χ2n) is 5.24. The Hall–Kier alpha value is -3.81. The predicted molar refractivity (Wildman–Crippen MR) is 88.9 cm³/mol. The van der Waals surface area contributed by atoms with Crippen LogP contribution in [0, 0.1) is 0 Å². The standard InChI is InChI=1S/C19H16O8/c20-15-4-2-1-3-14(15)16(21)8-6-12-5-7-13(26-10-18(22)23)9-17(12)27-11-19(24)25/h1-9,20H,10-11H2,(H,22,23)(H,24,25)/p-2/b8-6+. The third kappa shape index (κ3) is 5.89. The molecule has 0 aliphatic rings. The van der Waals surface area contributed by atoms with Crippen molar-refractivity contribution in [3.05, 3.63) is 59.7 Å². The molecule has 0 saturated heterocycles. The highest BCUT2D eigenvalue weighted by Gasteiger charge is 2.09. The number of allylic oxidation sites excluding steroid dienone is 1. The zero-order valence-corrected chi connectivity index (χ0v) is 13.9. The van der Waals surface area contributed by atoms with Gasteiger partial charge in [0.1, 0.15) is 30.5 Å². The molecule has 0 aliphatic carbocycles. The van der Waals surface area contributed by atoms with E-state index in [1.807, 2.05) is 0 Å². The molecule has 0 aliphatic heterocycles. The van der Waals surface area contributed by atoms with Gasteiger partial charge in [0.05, 0.1) is 17.5 Å². The van der Waals surface area contributed by atoms with Gasteiger partial charge in [-0.3, -0.25) is 4.79 Å². The first-order chi connectivity index (χ1) is 12.9. The van der Waals surface area contributed by atoms with E-state index >= 15 is 0 Å². The highest BCUT2D eigenvalue weighted by atomic mass is 16.5. The van der Waals surface area contributed by atoms with Crippen molar-refractivity contribution >= 4 is 23.8 Å². The molecule has 0 fully saturated rings. The van der Waals surface area contributed by atoms with Crippen LogP contribution in [-0.4, -0.2) is 36.0 Å². The van der Waals surface area contributed by atoms with Crippen LogP contribution in [0.5, 0.6) is 17.2 Å². The summed E-state index contributed by atoms with van der Waals surface area (Å²) in [5.74, 6) is -3.39. The Morgan fingerprint density at radius 1 is 0.963 bits per heavy atom. The third-order valence-electron chi connectivity index (χ3n) is 3.27. The lowest BCUT2D eigenvalue weighted by molar-refractivity contribution is -0.308. The van der Waals surface area contributed by atoms with E-state index in [4.69, 9.17) is 9.47 Å². The Morgan fingerprint density at radius 2 is 1.63 bits per heavy atom. The van der Waals surface area contributed by atoms with Gasteiger partial charge in [-0.05, 0) is 36.4 Å². The number of carbonyl (C=O) groups excluding carboxylic acids is 3. The van der Waals surface area contributed by atoms with Gasteiger partial charge in [0, 0.05) is 11.6 Å². The van der Waals surface area contributed by atoms with Crippen LogP contribution in [0.3, 0.4) is 0 Å². The van der Waals surface area contributed by atoms with Crippen LogP contribution in [0.25, 0.3) is 6.08 Å². The van der Waals surface area contributed by atoms with Crippen LogP contribution in [0.2, 0.25) is 0 Å². The highest BCUT2D eigenvalue weighted by Crippen LogP contribution is 2.27. The van der Waals surface area contributed by atoms with Gasteiger partial charge in [-0.25, -0.2) is 0 Å². The molecule has 0 heterocycles. The van der Waals surface area contributed by atoms with E-state index in [0.29, 0.717) is 5.56 Å². The van der Waals surface area contributed by atoms with Crippen LogP contribution >= 0.6 is 0 Å². The van der Waals surface area contributed by atoms with Crippen molar-refractivity contribution in [3.63, 3.8) is 0 Å². The summed E-state index contributed by atoms with van der Waals surface area (Å²) in [5, 5.41) is 30.8. The van der Waals surface area contributed by atoms with Crippen molar-refractivity contribution in [3.8, 4) is 17.2 Å². The summed E-state index contributed by atoms with van der Waals surface area (Å²) < 4.78 is 10.0. The second kappa shape index (κ2) is 9.04. The van der Waals surface area contributed by atoms with E-state index < -0.39 is 30.9 Å². The predicted octanol–water partition coefficient (Wildman–Crippen LogP) is -0.454. The molecule has 2 rings (SSSR count). The zero-order chi connectivity index (χ0) is 19.8. The van der Waals surface area contributed by atoms with Gasteiger partial charge in [-0.2, -0.15) is 0 Å². The topological polar surface area (TPSA) is 136 Å². The number of benzene rings is 2. The lowest BCUT2D eigenvalue weighted by Crippen LogP contribution is -2.29. The second-order valence-corrected chi connectivity index (χ2v) is 5.24. The molecule has 0 atom stereocenters. The molecule has 0 radical (unpaired) electrons. The van der Waals surface area contributed by atoms with Crippen LogP contribution in [0.1, 0.15) is 15.9 Å². The number of ether oxygens (including phenoxy) is 2. The monoisotopic (exact) mass is 370 g/mol. The number of rotatable bonds is 9. The number of ketones is 1. The minimum atomic E-state index is -1.46. The van der Waals surface area contributed by atoms with Crippen molar-refractivity contribution in [2.24, 2.45) is 0 Å². The molecule has 0 bridgehead atoms. The number of phenolic OH excluding ortho intramolecular Hbond substituents is 1. The van der Waals surface area contributed by atoms with Gasteiger partial charge >= 0.3 is 0 Å². The minimum Gasteiger partial charge on any atom is -0.546 e. The molecule has 0 aromatic heterocycles. The van der Waals surface area contributed by atoms with Crippen LogP contribution in [0.15, 0.2) is 48.5 Å². The summed E-state index contributed by atoms with van der Waals surface area (Å²) >= 11 is 0. The van der Waals surface area contributed by atoms with E-state index in [1.54, 1.807) is 12.1 Å². The van der Waals surface area contributed by atoms with E-state index in [9.17, 15) is 29.7 Å². The Labute approximate surface area is 153 Å². The molecule has 8 heteroatoms. The quantitative estimate of drug-likeness (QED) is 0.463. The SMILES string of the molecule is O=C([O-])COc1ccc(/C=C/C(=O)c2ccccc2O)c(OCC(=O)[O-])c1. The van der Waals surface area contributed by atoms with Crippen LogP contribution in [-0.2, 0) is 9.59 Å². The minimum absolute atomic E-state index is 0.0383. The first kappa shape index (κ1) is 19.5. The average Bonchev–Trinajstić information content (AvgIpc) is 2.63. The van der Waals surface area contributed by atoms with Gasteiger partial charge in [-0.15, -0.1) is 0 Å². The van der Waals surface area contributed by atoms with E-state index in [1.165, 1.54) is 42.5 Å². The number of hydrogen-bond acceptors (Lipinski definition) is 8. The summed E-state index contributed by atoms with van der Waals surface area (Å²) in [7, 11) is 0. The number of para-hydroxylation sites is 1. The molecule has 8 nitrogen and oxygen atoms in total. The zero-order valence-electron chi connectivity index (χ0n) is 13.9. The first-order valence-electron chi connectivity index (χ1n) is 7.66. The van der Waals surface area contributed by atoms with Crippen LogP contribution < -0.4 is 19.7 Å². The summed E-state index contributed by atoms with van der Waals surface area (Å²) in [6, 6.07) is 10.1. The molecule has 2 aromatic rings. The fraction of sp³-hybridized carbons (Fsp3) is 0.105. The normalized spacial score (nSPS) is 10.5. The van der Waals surface area contributed by atoms with Gasteiger partial charge in [0.15, 0.2) is 5.78 Å². The first-order valence-corrected chi connectivity index (χ1v) is 7.66. The van der Waals surface area contributed by atoms with E-state index in [2.05, 4.69) is 0 Å². The van der Waals surface area contributed by atoms with Crippen molar-refractivity contribution < 1.29 is 39.2 Å². The largest absolute Gasteiger partial charge is 0.546 e. The van der Waals surface area contributed by atoms with Crippen molar-refractivity contribution in [1.82, 2.24) is 0 Å². The lowest BCUT2D eigenvalue weighted by Gasteiger charge is -2.13. The summed E-state index contributed by atoms with van der Waals surface area (Å²) in [6.07, 6.45) is 2.54. The van der Waals surface area contributed by atoms with Gasteiger partial charge in [0.2, 0.25) is 0 Å². The molecular weight excluding hydrogens is 356 g/mol. The Kier molecular flexibility index (Phi) is 6.54. The third-order valence-corrected chi connectivity index (χ3v) is 3.27. The highest BCUT2D eigenvalue weighted by molar-refractivity contribution is 6.08. The van der Waals surface area contributed by atoms with Gasteiger partial charge in [-0.1, -0.05) is 12.1 Å². The number of carboxylic acid groups (broad SMARTS) is 2. The van der Waals surface area contributed by atoms with E-state index in [-0.39, 0.29) is 22.8 Å². The molecule has 1 N–H and O–H groups in total. The van der Waals surface area contributed by atoms with E-state index in [0.717, 1.165) is 0 Å². The number of aromatic hydroxyl groups is 1. The fourth-order valence-corrected chi connectivity index (χ4v) is 2.08. The maximum atomic E-state index is 12.2. The summed E-state index contributed by atoms with van der Waals surface area (Å²) in [4.78, 5) is 33.2. The average molecular weight is 370 g/mol. The number of phenols is 1. The molecule has 27 heavy (non-hydrogen) atoms. The number of hydrogen-bond donors (Lipinski definition) is 1. The number of carbonyl (C=O) groups is 3. The Morgan fingerprint density at radius 3 is 2.30 bits per heavy atom. The van der Waals surface area contributed by atoms with Gasteiger partial charge < -0.3 is 34.4 Å². The molecule has 140 valence electrons. The Bertz CT molecular complexity index is 885. The molecule has 2 aromatic carbocycles. The maximum Gasteiger partial charge on any atom is 0.189 e.